The highest BCUT2D eigenvalue weighted by Gasteiger charge is 2.19. The number of rotatable bonds is 7. The summed E-state index contributed by atoms with van der Waals surface area (Å²) in [5, 5.41) is 3.43. The van der Waals surface area contributed by atoms with E-state index in [1.165, 1.54) is 30.4 Å². The minimum Gasteiger partial charge on any atom is -0.494 e. The molecule has 4 heteroatoms. The average molecular weight is 339 g/mol. The van der Waals surface area contributed by atoms with Crippen LogP contribution in [0.3, 0.4) is 0 Å². The van der Waals surface area contributed by atoms with Gasteiger partial charge < -0.3 is 19.5 Å². The molecule has 0 saturated carbocycles. The van der Waals surface area contributed by atoms with Crippen LogP contribution in [-0.4, -0.2) is 32.4 Å². The first-order valence-corrected chi connectivity index (χ1v) is 9.22. The first-order valence-electron chi connectivity index (χ1n) is 9.22. The second kappa shape index (κ2) is 7.79. The Bertz CT molecular complexity index is 716. The summed E-state index contributed by atoms with van der Waals surface area (Å²) in [6.07, 6.45) is 4.73. The van der Waals surface area contributed by atoms with E-state index in [-0.39, 0.29) is 6.10 Å². The number of fused-ring (bicyclic) bond motifs is 2. The molecule has 0 amide bonds. The lowest BCUT2D eigenvalue weighted by Gasteiger charge is -2.26. The fourth-order valence-electron chi connectivity index (χ4n) is 3.45. The molecule has 4 rings (SSSR count). The van der Waals surface area contributed by atoms with Gasteiger partial charge in [-0.1, -0.05) is 18.2 Å². The van der Waals surface area contributed by atoms with Crippen LogP contribution in [0.1, 0.15) is 24.0 Å². The molecule has 0 bridgehead atoms. The van der Waals surface area contributed by atoms with E-state index >= 15 is 0 Å². The molecule has 1 N–H and O–H groups in total. The summed E-state index contributed by atoms with van der Waals surface area (Å²) in [7, 11) is 0. The molecule has 132 valence electrons. The van der Waals surface area contributed by atoms with Crippen LogP contribution in [0.4, 0.5) is 0 Å². The largest absolute Gasteiger partial charge is 0.494 e. The number of nitrogens with one attached hydrogen (secondary N) is 1. The molecule has 0 aromatic heterocycles. The smallest absolute Gasteiger partial charge is 0.161 e. The van der Waals surface area contributed by atoms with Crippen molar-refractivity contribution in [2.75, 3.05) is 26.3 Å². The normalized spacial score (nSPS) is 18.0. The molecule has 2 aromatic rings. The number of hydrogen-bond donors (Lipinski definition) is 1. The maximum absolute atomic E-state index is 5.93. The minimum absolute atomic E-state index is 0.0625. The molecule has 2 aliphatic rings. The van der Waals surface area contributed by atoms with Crippen molar-refractivity contribution in [3.63, 3.8) is 0 Å². The molecular formula is C21H25NO3. The van der Waals surface area contributed by atoms with Gasteiger partial charge in [-0.25, -0.2) is 0 Å². The lowest BCUT2D eigenvalue weighted by atomic mass is 10.1. The highest BCUT2D eigenvalue weighted by Crippen LogP contribution is 2.30. The van der Waals surface area contributed by atoms with Gasteiger partial charge in [-0.15, -0.1) is 0 Å². The zero-order valence-corrected chi connectivity index (χ0v) is 14.5. The van der Waals surface area contributed by atoms with Crippen LogP contribution in [0.5, 0.6) is 17.2 Å². The van der Waals surface area contributed by atoms with Gasteiger partial charge in [-0.2, -0.15) is 0 Å². The molecule has 2 aromatic carbocycles. The van der Waals surface area contributed by atoms with E-state index in [1.807, 2.05) is 24.3 Å². The minimum atomic E-state index is 0.0625. The lowest BCUT2D eigenvalue weighted by molar-refractivity contribution is 0.0902. The number of para-hydroxylation sites is 2. The van der Waals surface area contributed by atoms with E-state index < -0.39 is 0 Å². The summed E-state index contributed by atoms with van der Waals surface area (Å²) < 4.78 is 17.5. The van der Waals surface area contributed by atoms with Crippen LogP contribution in [0.15, 0.2) is 42.5 Å². The van der Waals surface area contributed by atoms with Crippen molar-refractivity contribution in [1.29, 1.82) is 0 Å². The van der Waals surface area contributed by atoms with Gasteiger partial charge in [0.05, 0.1) is 6.61 Å². The van der Waals surface area contributed by atoms with Crippen molar-refractivity contribution in [2.24, 2.45) is 0 Å². The maximum atomic E-state index is 5.93. The van der Waals surface area contributed by atoms with E-state index in [4.69, 9.17) is 14.2 Å². The fraction of sp³-hybridized carbons (Fsp3) is 0.429. The molecule has 25 heavy (non-hydrogen) atoms. The Morgan fingerprint density at radius 2 is 1.92 bits per heavy atom. The second-order valence-electron chi connectivity index (χ2n) is 6.69. The van der Waals surface area contributed by atoms with Gasteiger partial charge in [0.25, 0.3) is 0 Å². The molecule has 4 nitrogen and oxygen atoms in total. The van der Waals surface area contributed by atoms with Gasteiger partial charge in [0.2, 0.25) is 0 Å². The van der Waals surface area contributed by atoms with Crippen LogP contribution in [-0.2, 0) is 12.8 Å². The van der Waals surface area contributed by atoms with Crippen LogP contribution >= 0.6 is 0 Å². The summed E-state index contributed by atoms with van der Waals surface area (Å²) in [4.78, 5) is 0. The Hall–Kier alpha value is -2.20. The summed E-state index contributed by atoms with van der Waals surface area (Å²) in [5.41, 5.74) is 2.95. The highest BCUT2D eigenvalue weighted by atomic mass is 16.6. The standard InChI is InChI=1S/C21H25NO3/c1-2-8-21-20(7-1)24-15-19(25-21)14-22-11-4-12-23-18-10-9-16-5-3-6-17(16)13-18/h1-2,7-10,13,19,22H,3-6,11-12,14-15H2. The maximum Gasteiger partial charge on any atom is 0.161 e. The first-order chi connectivity index (χ1) is 12.4. The van der Waals surface area contributed by atoms with Crippen LogP contribution in [0, 0.1) is 0 Å². The number of aryl methyl sites for hydroxylation is 2. The number of hydrogen-bond acceptors (Lipinski definition) is 4. The third-order valence-corrected chi connectivity index (χ3v) is 4.78. The van der Waals surface area contributed by atoms with E-state index in [0.717, 1.165) is 43.4 Å². The Labute approximate surface area is 149 Å². The molecule has 1 aliphatic carbocycles. The van der Waals surface area contributed by atoms with E-state index in [2.05, 4.69) is 23.5 Å². The van der Waals surface area contributed by atoms with E-state index in [1.54, 1.807) is 0 Å². The molecule has 0 radical (unpaired) electrons. The van der Waals surface area contributed by atoms with Gasteiger partial charge in [0.1, 0.15) is 18.5 Å². The van der Waals surface area contributed by atoms with Crippen molar-refractivity contribution in [1.82, 2.24) is 5.32 Å². The first kappa shape index (κ1) is 16.3. The number of benzene rings is 2. The lowest BCUT2D eigenvalue weighted by Crippen LogP contribution is -2.39. The Morgan fingerprint density at radius 1 is 1.04 bits per heavy atom. The van der Waals surface area contributed by atoms with Crippen LogP contribution < -0.4 is 19.5 Å². The quantitative estimate of drug-likeness (QED) is 0.785. The third-order valence-electron chi connectivity index (χ3n) is 4.78. The van der Waals surface area contributed by atoms with Crippen molar-refractivity contribution >= 4 is 0 Å². The van der Waals surface area contributed by atoms with Crippen LogP contribution in [0.2, 0.25) is 0 Å². The van der Waals surface area contributed by atoms with Gasteiger partial charge in [0, 0.05) is 6.54 Å². The third kappa shape index (κ3) is 4.07. The molecule has 1 aliphatic heterocycles. The van der Waals surface area contributed by atoms with Gasteiger partial charge in [0.15, 0.2) is 11.5 Å². The van der Waals surface area contributed by atoms with Crippen molar-refractivity contribution in [3.8, 4) is 17.2 Å². The van der Waals surface area contributed by atoms with Gasteiger partial charge in [-0.3, -0.25) is 0 Å². The van der Waals surface area contributed by atoms with Gasteiger partial charge >= 0.3 is 0 Å². The summed E-state index contributed by atoms with van der Waals surface area (Å²) in [6, 6.07) is 14.3. The molecule has 0 saturated heterocycles. The topological polar surface area (TPSA) is 39.7 Å². The van der Waals surface area contributed by atoms with E-state index in [9.17, 15) is 0 Å². The van der Waals surface area contributed by atoms with Crippen molar-refractivity contribution in [3.05, 3.63) is 53.6 Å². The molecular weight excluding hydrogens is 314 g/mol. The fourth-order valence-corrected chi connectivity index (χ4v) is 3.45. The summed E-state index contributed by atoms with van der Waals surface area (Å²) in [6.45, 7) is 3.02. The molecule has 1 unspecified atom stereocenters. The zero-order chi connectivity index (χ0) is 16.9. The predicted molar refractivity (Wildman–Crippen MR) is 97.8 cm³/mol. The van der Waals surface area contributed by atoms with E-state index in [0.29, 0.717) is 6.61 Å². The predicted octanol–water partition coefficient (Wildman–Crippen LogP) is 3.37. The molecule has 1 heterocycles. The van der Waals surface area contributed by atoms with Gasteiger partial charge in [-0.05, 0) is 67.6 Å². The molecule has 0 fully saturated rings. The van der Waals surface area contributed by atoms with Crippen LogP contribution in [0.25, 0.3) is 0 Å². The molecule has 0 spiro atoms. The highest BCUT2D eigenvalue weighted by molar-refractivity contribution is 5.40. The second-order valence-corrected chi connectivity index (χ2v) is 6.69. The summed E-state index contributed by atoms with van der Waals surface area (Å²) in [5.74, 6) is 2.67. The number of ether oxygens (including phenoxy) is 3. The zero-order valence-electron chi connectivity index (χ0n) is 14.5. The molecule has 1 atom stereocenters. The Kier molecular flexibility index (Phi) is 5.07. The SMILES string of the molecule is c1ccc2c(c1)OCC(CNCCCOc1ccc3c(c1)CCC3)O2. The Morgan fingerprint density at radius 3 is 2.88 bits per heavy atom. The van der Waals surface area contributed by atoms with Crippen molar-refractivity contribution < 1.29 is 14.2 Å². The average Bonchev–Trinajstić information content (AvgIpc) is 3.12. The Balaban J connectivity index is 1.13. The monoisotopic (exact) mass is 339 g/mol. The summed E-state index contributed by atoms with van der Waals surface area (Å²) >= 11 is 0. The van der Waals surface area contributed by atoms with Crippen molar-refractivity contribution in [2.45, 2.75) is 31.8 Å².